The molecule has 1 aliphatic rings. The Morgan fingerprint density at radius 3 is 2.07 bits per heavy atom. The lowest BCUT2D eigenvalue weighted by molar-refractivity contribution is -0.000201. The Bertz CT molecular complexity index is 469. The Labute approximate surface area is 168 Å². The number of piperazine rings is 1. The molecular formula is C22H43N3O2. The van der Waals surface area contributed by atoms with Crippen molar-refractivity contribution in [1.29, 1.82) is 0 Å². The molecule has 2 rings (SSSR count). The zero-order chi connectivity index (χ0) is 20.9. The van der Waals surface area contributed by atoms with Crippen molar-refractivity contribution >= 4 is 5.69 Å². The molecule has 1 unspecified atom stereocenters. The van der Waals surface area contributed by atoms with Crippen LogP contribution in [0.25, 0.3) is 0 Å². The molecule has 0 spiro atoms. The first-order chi connectivity index (χ1) is 12.9. The summed E-state index contributed by atoms with van der Waals surface area (Å²) in [5.74, 6) is 1.31. The molecule has 1 aliphatic heterocycles. The van der Waals surface area contributed by atoms with Gasteiger partial charge in [-0.2, -0.15) is 0 Å². The van der Waals surface area contributed by atoms with Crippen LogP contribution in [0.2, 0.25) is 0 Å². The molecular weight excluding hydrogens is 338 g/mol. The third kappa shape index (κ3) is 9.43. The predicted molar refractivity (Wildman–Crippen MR) is 117 cm³/mol. The van der Waals surface area contributed by atoms with E-state index in [0.717, 1.165) is 39.1 Å². The lowest BCUT2D eigenvalue weighted by atomic mass is 9.94. The number of hydrogen-bond donors (Lipinski definition) is 0. The van der Waals surface area contributed by atoms with Crippen molar-refractivity contribution < 1.29 is 9.47 Å². The van der Waals surface area contributed by atoms with Crippen LogP contribution in [0.3, 0.4) is 0 Å². The van der Waals surface area contributed by atoms with Crippen LogP contribution < -0.4 is 9.64 Å². The molecule has 5 heteroatoms. The summed E-state index contributed by atoms with van der Waals surface area (Å²) in [5.41, 5.74) is 1.15. The summed E-state index contributed by atoms with van der Waals surface area (Å²) in [6, 6.07) is 4.02. The summed E-state index contributed by atoms with van der Waals surface area (Å²) in [6.07, 6.45) is 2.99. The van der Waals surface area contributed by atoms with Crippen LogP contribution in [0.4, 0.5) is 5.69 Å². The fourth-order valence-corrected chi connectivity index (χ4v) is 3.30. The second-order valence-corrected chi connectivity index (χ2v) is 7.12. The molecule has 2 heterocycles. The maximum atomic E-state index is 5.55. The normalized spacial score (nSPS) is 15.8. The maximum Gasteiger partial charge on any atom is 0.213 e. The predicted octanol–water partition coefficient (Wildman–Crippen LogP) is 4.72. The number of aromatic nitrogens is 1. The molecule has 1 aromatic heterocycles. The summed E-state index contributed by atoms with van der Waals surface area (Å²) < 4.78 is 10.7. The van der Waals surface area contributed by atoms with E-state index in [2.05, 4.69) is 41.6 Å². The summed E-state index contributed by atoms with van der Waals surface area (Å²) in [7, 11) is 3.45. The third-order valence-corrected chi connectivity index (χ3v) is 4.63. The summed E-state index contributed by atoms with van der Waals surface area (Å²) >= 11 is 0. The standard InChI is InChI=1S/C18H31N3O2.2C2H6/c1-15(12-18(2,3)23-5)14-20-8-10-21(11-9-20)16-6-7-17(22-4)19-13-16;2*1-2/h6-7,13,15H,8-12,14H2,1-5H3;2*1-2H3. The van der Waals surface area contributed by atoms with E-state index in [4.69, 9.17) is 9.47 Å². The topological polar surface area (TPSA) is 37.8 Å². The highest BCUT2D eigenvalue weighted by molar-refractivity contribution is 5.45. The van der Waals surface area contributed by atoms with Gasteiger partial charge in [0.25, 0.3) is 0 Å². The van der Waals surface area contributed by atoms with E-state index in [-0.39, 0.29) is 5.60 Å². The number of pyridine rings is 1. The fraction of sp³-hybridized carbons (Fsp3) is 0.773. The molecule has 0 N–H and O–H groups in total. The van der Waals surface area contributed by atoms with E-state index in [1.54, 1.807) is 14.2 Å². The Morgan fingerprint density at radius 1 is 1.04 bits per heavy atom. The largest absolute Gasteiger partial charge is 0.481 e. The van der Waals surface area contributed by atoms with E-state index >= 15 is 0 Å². The molecule has 0 aliphatic carbocycles. The van der Waals surface area contributed by atoms with Crippen molar-refractivity contribution in [2.75, 3.05) is 51.8 Å². The average molecular weight is 382 g/mol. The van der Waals surface area contributed by atoms with Gasteiger partial charge in [-0.15, -0.1) is 0 Å². The molecule has 0 aromatic carbocycles. The minimum atomic E-state index is -0.0317. The van der Waals surface area contributed by atoms with Gasteiger partial charge in [0.15, 0.2) is 0 Å². The van der Waals surface area contributed by atoms with E-state index in [1.807, 2.05) is 40.0 Å². The van der Waals surface area contributed by atoms with Gasteiger partial charge in [-0.1, -0.05) is 34.6 Å². The smallest absolute Gasteiger partial charge is 0.213 e. The highest BCUT2D eigenvalue weighted by Crippen LogP contribution is 2.22. The van der Waals surface area contributed by atoms with Gasteiger partial charge in [-0.25, -0.2) is 4.98 Å². The summed E-state index contributed by atoms with van der Waals surface area (Å²) in [5, 5.41) is 0. The summed E-state index contributed by atoms with van der Waals surface area (Å²) in [6.45, 7) is 20.1. The number of nitrogens with zero attached hydrogens (tertiary/aromatic N) is 3. The fourth-order valence-electron chi connectivity index (χ4n) is 3.30. The molecule has 1 fully saturated rings. The van der Waals surface area contributed by atoms with Crippen molar-refractivity contribution in [3.05, 3.63) is 18.3 Å². The molecule has 0 amide bonds. The SMILES string of the molecule is CC.CC.COc1ccc(N2CCN(CC(C)CC(C)(C)OC)CC2)cn1. The second-order valence-electron chi connectivity index (χ2n) is 7.12. The molecule has 1 atom stereocenters. The Balaban J connectivity index is 0.00000158. The van der Waals surface area contributed by atoms with Gasteiger partial charge in [0.2, 0.25) is 5.88 Å². The lowest BCUT2D eigenvalue weighted by Gasteiger charge is -2.38. The Morgan fingerprint density at radius 2 is 1.63 bits per heavy atom. The summed E-state index contributed by atoms with van der Waals surface area (Å²) in [4.78, 5) is 9.25. The van der Waals surface area contributed by atoms with Crippen LogP contribution in [0.5, 0.6) is 5.88 Å². The van der Waals surface area contributed by atoms with Crippen molar-refractivity contribution in [3.63, 3.8) is 0 Å². The number of ether oxygens (including phenoxy) is 2. The first-order valence-electron chi connectivity index (χ1n) is 10.5. The van der Waals surface area contributed by atoms with Crippen LogP contribution in [-0.4, -0.2) is 62.4 Å². The monoisotopic (exact) mass is 381 g/mol. The van der Waals surface area contributed by atoms with Crippen LogP contribution in [0.1, 0.15) is 54.9 Å². The van der Waals surface area contributed by atoms with Gasteiger partial charge in [0.05, 0.1) is 24.6 Å². The number of hydrogen-bond acceptors (Lipinski definition) is 5. The zero-order valence-corrected chi connectivity index (χ0v) is 19.2. The van der Waals surface area contributed by atoms with Crippen LogP contribution >= 0.6 is 0 Å². The Hall–Kier alpha value is -1.33. The Kier molecular flexibility index (Phi) is 13.1. The highest BCUT2D eigenvalue weighted by Gasteiger charge is 2.23. The van der Waals surface area contributed by atoms with Crippen LogP contribution in [-0.2, 0) is 4.74 Å². The molecule has 0 radical (unpaired) electrons. The van der Waals surface area contributed by atoms with E-state index in [9.17, 15) is 0 Å². The number of anilines is 1. The van der Waals surface area contributed by atoms with Gasteiger partial charge in [-0.3, -0.25) is 4.90 Å². The molecule has 1 saturated heterocycles. The number of methoxy groups -OCH3 is 2. The third-order valence-electron chi connectivity index (χ3n) is 4.63. The molecule has 0 bridgehead atoms. The van der Waals surface area contributed by atoms with E-state index in [0.29, 0.717) is 11.8 Å². The lowest BCUT2D eigenvalue weighted by Crippen LogP contribution is -2.48. The first-order valence-corrected chi connectivity index (χ1v) is 10.5. The number of rotatable bonds is 7. The van der Waals surface area contributed by atoms with Crippen LogP contribution in [0, 0.1) is 5.92 Å². The minimum Gasteiger partial charge on any atom is -0.481 e. The van der Waals surface area contributed by atoms with Crippen molar-refractivity contribution in [2.24, 2.45) is 5.92 Å². The second kappa shape index (κ2) is 13.8. The molecule has 27 heavy (non-hydrogen) atoms. The maximum absolute atomic E-state index is 5.55. The minimum absolute atomic E-state index is 0.0317. The quantitative estimate of drug-likeness (QED) is 0.683. The van der Waals surface area contributed by atoms with Gasteiger partial charge in [-0.05, 0) is 32.3 Å². The molecule has 0 saturated carbocycles. The van der Waals surface area contributed by atoms with Crippen LogP contribution in [0.15, 0.2) is 18.3 Å². The zero-order valence-electron chi connectivity index (χ0n) is 19.2. The molecule has 1 aromatic rings. The van der Waals surface area contributed by atoms with Crippen molar-refractivity contribution in [2.45, 2.75) is 60.5 Å². The van der Waals surface area contributed by atoms with Gasteiger partial charge < -0.3 is 14.4 Å². The molecule has 5 nitrogen and oxygen atoms in total. The first kappa shape index (κ1) is 25.7. The highest BCUT2D eigenvalue weighted by atomic mass is 16.5. The molecule has 158 valence electrons. The van der Waals surface area contributed by atoms with Gasteiger partial charge in [0, 0.05) is 45.9 Å². The van der Waals surface area contributed by atoms with Crippen molar-refractivity contribution in [3.8, 4) is 5.88 Å². The van der Waals surface area contributed by atoms with Crippen molar-refractivity contribution in [1.82, 2.24) is 9.88 Å². The van der Waals surface area contributed by atoms with Gasteiger partial charge >= 0.3 is 0 Å². The average Bonchev–Trinajstić information content (AvgIpc) is 2.71. The van der Waals surface area contributed by atoms with Gasteiger partial charge in [0.1, 0.15) is 0 Å². The van der Waals surface area contributed by atoms with E-state index < -0.39 is 0 Å². The van der Waals surface area contributed by atoms with E-state index in [1.165, 1.54) is 5.69 Å².